The lowest BCUT2D eigenvalue weighted by molar-refractivity contribution is 0.595. The Hall–Kier alpha value is -0.610. The topological polar surface area (TPSA) is 46.2 Å². The van der Waals surface area contributed by atoms with Gasteiger partial charge < -0.3 is 0 Å². The number of allylic oxidation sites excluding steroid dienone is 2. The van der Waals surface area contributed by atoms with Crippen LogP contribution in [0.25, 0.3) is 0 Å². The van der Waals surface area contributed by atoms with Gasteiger partial charge in [0.2, 0.25) is 10.0 Å². The van der Waals surface area contributed by atoms with E-state index in [0.717, 1.165) is 12.8 Å². The minimum absolute atomic E-state index is 0.110. The Kier molecular flexibility index (Phi) is 4.85. The predicted molar refractivity (Wildman–Crippen MR) is 51.2 cm³/mol. The molecule has 0 saturated carbocycles. The molecule has 3 nitrogen and oxygen atoms in total. The first kappa shape index (κ1) is 11.4. The summed E-state index contributed by atoms with van der Waals surface area (Å²) in [6.07, 6.45) is 5.20. The first-order chi connectivity index (χ1) is 5.54. The number of hydrogen-bond acceptors (Lipinski definition) is 2. The molecule has 0 aromatic rings. The van der Waals surface area contributed by atoms with E-state index in [4.69, 9.17) is 0 Å². The highest BCUT2D eigenvalue weighted by Gasteiger charge is 2.07. The molecule has 0 unspecified atom stereocenters. The van der Waals surface area contributed by atoms with Gasteiger partial charge in [0.15, 0.2) is 0 Å². The largest absolute Gasteiger partial charge is 0.239 e. The Morgan fingerprint density at radius 3 is 2.58 bits per heavy atom. The summed E-state index contributed by atoms with van der Waals surface area (Å²) in [6, 6.07) is 0. The second-order valence-electron chi connectivity index (χ2n) is 2.36. The summed E-state index contributed by atoms with van der Waals surface area (Å²) < 4.78 is 24.3. The maximum atomic E-state index is 11.0. The van der Waals surface area contributed by atoms with Gasteiger partial charge in [-0.1, -0.05) is 26.0 Å². The van der Waals surface area contributed by atoms with E-state index >= 15 is 0 Å². The van der Waals surface area contributed by atoms with E-state index in [9.17, 15) is 8.42 Å². The van der Waals surface area contributed by atoms with E-state index in [2.05, 4.69) is 11.3 Å². The molecule has 0 aromatic carbocycles. The van der Waals surface area contributed by atoms with Gasteiger partial charge in [-0.2, -0.15) is 0 Å². The molecule has 1 N–H and O–H groups in total. The van der Waals surface area contributed by atoms with Gasteiger partial charge in [-0.15, -0.1) is 0 Å². The van der Waals surface area contributed by atoms with E-state index in [1.165, 1.54) is 13.1 Å². The fourth-order valence-electron chi connectivity index (χ4n) is 0.602. The smallest absolute Gasteiger partial charge is 0.214 e. The van der Waals surface area contributed by atoms with Crippen molar-refractivity contribution >= 4 is 10.0 Å². The van der Waals surface area contributed by atoms with Gasteiger partial charge in [-0.3, -0.25) is 0 Å². The first-order valence-corrected chi connectivity index (χ1v) is 5.32. The lowest BCUT2D eigenvalue weighted by atomic mass is 10.3. The molecule has 0 atom stereocenters. The fraction of sp³-hybridized carbons (Fsp3) is 0.500. The SMILES string of the molecule is C=C(/C=C\CCC)S(=O)(=O)NC. The third-order valence-corrected chi connectivity index (χ3v) is 2.74. The van der Waals surface area contributed by atoms with E-state index < -0.39 is 10.0 Å². The summed E-state index contributed by atoms with van der Waals surface area (Å²) in [5.41, 5.74) is 0. The quantitative estimate of drug-likeness (QED) is 0.665. The van der Waals surface area contributed by atoms with Crippen molar-refractivity contribution in [3.05, 3.63) is 23.6 Å². The predicted octanol–water partition coefficient (Wildman–Crippen LogP) is 1.41. The lowest BCUT2D eigenvalue weighted by Crippen LogP contribution is -2.18. The average Bonchev–Trinajstić information content (AvgIpc) is 2.05. The van der Waals surface area contributed by atoms with E-state index in [1.54, 1.807) is 6.08 Å². The van der Waals surface area contributed by atoms with Crippen molar-refractivity contribution in [1.29, 1.82) is 0 Å². The molecule has 0 fully saturated rings. The van der Waals surface area contributed by atoms with Gasteiger partial charge in [-0.05, 0) is 19.5 Å². The molecular weight excluding hydrogens is 174 g/mol. The van der Waals surface area contributed by atoms with Gasteiger partial charge in [0.1, 0.15) is 0 Å². The number of rotatable bonds is 5. The maximum absolute atomic E-state index is 11.0. The Balaban J connectivity index is 4.24. The van der Waals surface area contributed by atoms with E-state index in [-0.39, 0.29) is 4.91 Å². The minimum atomic E-state index is -3.31. The van der Waals surface area contributed by atoms with Gasteiger partial charge in [0.25, 0.3) is 0 Å². The van der Waals surface area contributed by atoms with Gasteiger partial charge in [0.05, 0.1) is 4.91 Å². The second-order valence-corrected chi connectivity index (χ2v) is 4.30. The van der Waals surface area contributed by atoms with Crippen LogP contribution in [0.5, 0.6) is 0 Å². The zero-order valence-corrected chi connectivity index (χ0v) is 8.32. The molecule has 0 aliphatic rings. The first-order valence-electron chi connectivity index (χ1n) is 3.83. The fourth-order valence-corrected chi connectivity index (χ4v) is 1.14. The monoisotopic (exact) mass is 189 g/mol. The zero-order valence-electron chi connectivity index (χ0n) is 7.50. The van der Waals surface area contributed by atoms with E-state index in [0.29, 0.717) is 0 Å². The van der Waals surface area contributed by atoms with Crippen LogP contribution in [0.1, 0.15) is 19.8 Å². The number of unbranched alkanes of at least 4 members (excludes halogenated alkanes) is 1. The Morgan fingerprint density at radius 2 is 2.17 bits per heavy atom. The van der Waals surface area contributed by atoms with Crippen LogP contribution in [0.15, 0.2) is 23.6 Å². The van der Waals surface area contributed by atoms with E-state index in [1.807, 2.05) is 6.92 Å². The van der Waals surface area contributed by atoms with Gasteiger partial charge in [0, 0.05) is 0 Å². The molecular formula is C8H15NO2S. The van der Waals surface area contributed by atoms with Crippen molar-refractivity contribution in [2.45, 2.75) is 19.8 Å². The van der Waals surface area contributed by atoms with Crippen LogP contribution in [0.4, 0.5) is 0 Å². The molecule has 0 aliphatic carbocycles. The molecule has 4 heteroatoms. The molecule has 0 bridgehead atoms. The van der Waals surface area contributed by atoms with Crippen molar-refractivity contribution in [3.8, 4) is 0 Å². The normalized spacial score (nSPS) is 12.2. The molecule has 12 heavy (non-hydrogen) atoms. The number of hydrogen-bond donors (Lipinski definition) is 1. The lowest BCUT2D eigenvalue weighted by Gasteiger charge is -1.99. The summed E-state index contributed by atoms with van der Waals surface area (Å²) >= 11 is 0. The highest BCUT2D eigenvalue weighted by molar-refractivity contribution is 7.93. The highest BCUT2D eigenvalue weighted by Crippen LogP contribution is 2.03. The number of nitrogens with one attached hydrogen (secondary N) is 1. The average molecular weight is 189 g/mol. The summed E-state index contributed by atoms with van der Waals surface area (Å²) in [7, 11) is -1.94. The molecule has 70 valence electrons. The van der Waals surface area contributed by atoms with Crippen molar-refractivity contribution in [1.82, 2.24) is 4.72 Å². The van der Waals surface area contributed by atoms with Crippen LogP contribution in [0.2, 0.25) is 0 Å². The minimum Gasteiger partial charge on any atom is -0.214 e. The van der Waals surface area contributed by atoms with Crippen molar-refractivity contribution in [2.24, 2.45) is 0 Å². The zero-order chi connectivity index (χ0) is 9.61. The Bertz CT molecular complexity index is 265. The molecule has 0 rings (SSSR count). The molecule has 0 heterocycles. The van der Waals surface area contributed by atoms with Crippen LogP contribution < -0.4 is 4.72 Å². The summed E-state index contributed by atoms with van der Waals surface area (Å²) in [6.45, 7) is 5.46. The maximum Gasteiger partial charge on any atom is 0.239 e. The van der Waals surface area contributed by atoms with Crippen molar-refractivity contribution in [2.75, 3.05) is 7.05 Å². The molecule has 0 saturated heterocycles. The van der Waals surface area contributed by atoms with Crippen LogP contribution >= 0.6 is 0 Å². The van der Waals surface area contributed by atoms with Crippen LogP contribution in [-0.2, 0) is 10.0 Å². The van der Waals surface area contributed by atoms with Crippen molar-refractivity contribution < 1.29 is 8.42 Å². The highest BCUT2D eigenvalue weighted by atomic mass is 32.2. The molecule has 0 aliphatic heterocycles. The third-order valence-electron chi connectivity index (χ3n) is 1.37. The van der Waals surface area contributed by atoms with Gasteiger partial charge in [-0.25, -0.2) is 13.1 Å². The standard InChI is InChI=1S/C8H15NO2S/c1-4-5-6-7-8(2)12(10,11)9-3/h6-7,9H,2,4-5H2,1,3H3/b7-6-. The van der Waals surface area contributed by atoms with Gasteiger partial charge >= 0.3 is 0 Å². The molecule has 0 radical (unpaired) electrons. The number of sulfonamides is 1. The third kappa shape index (κ3) is 3.69. The van der Waals surface area contributed by atoms with Crippen LogP contribution in [0, 0.1) is 0 Å². The second kappa shape index (κ2) is 5.11. The van der Waals surface area contributed by atoms with Crippen LogP contribution in [0.3, 0.4) is 0 Å². The molecule has 0 amide bonds. The molecule has 0 spiro atoms. The Labute approximate surface area is 74.2 Å². The summed E-state index contributed by atoms with van der Waals surface area (Å²) in [5, 5.41) is 0. The van der Waals surface area contributed by atoms with Crippen molar-refractivity contribution in [3.63, 3.8) is 0 Å². The summed E-state index contributed by atoms with van der Waals surface area (Å²) in [5.74, 6) is 0. The Morgan fingerprint density at radius 1 is 1.58 bits per heavy atom. The summed E-state index contributed by atoms with van der Waals surface area (Å²) in [4.78, 5) is 0.110. The van der Waals surface area contributed by atoms with Crippen LogP contribution in [-0.4, -0.2) is 15.5 Å². The molecule has 0 aromatic heterocycles.